The van der Waals surface area contributed by atoms with Gasteiger partial charge in [0.15, 0.2) is 0 Å². The van der Waals surface area contributed by atoms with Gasteiger partial charge in [0.05, 0.1) is 6.61 Å². The largest absolute Gasteiger partial charge is 0.489 e. The number of aliphatic hydroxyl groups excluding tert-OH is 1. The van der Waals surface area contributed by atoms with Crippen molar-refractivity contribution in [3.05, 3.63) is 57.8 Å². The molecule has 0 bridgehead atoms. The van der Waals surface area contributed by atoms with E-state index in [1.807, 2.05) is 18.2 Å². The summed E-state index contributed by atoms with van der Waals surface area (Å²) in [5.41, 5.74) is 1.93. The highest BCUT2D eigenvalue weighted by atomic mass is 79.9. The molecule has 0 fully saturated rings. The maximum Gasteiger partial charge on any atom is 0.140 e. The van der Waals surface area contributed by atoms with E-state index in [-0.39, 0.29) is 6.61 Å². The lowest BCUT2D eigenvalue weighted by Gasteiger charge is -2.10. The highest BCUT2D eigenvalue weighted by Crippen LogP contribution is 2.24. The first kappa shape index (κ1) is 13.5. The first-order chi connectivity index (χ1) is 9.22. The molecule has 2 rings (SSSR count). The third kappa shape index (κ3) is 3.53. The zero-order valence-electron chi connectivity index (χ0n) is 10.0. The molecule has 96 valence electrons. The molecular weight excluding hydrogens is 308 g/mol. The minimum atomic E-state index is -0.0887. The minimum Gasteiger partial charge on any atom is -0.489 e. The molecule has 0 aliphatic rings. The maximum absolute atomic E-state index is 9.27. The van der Waals surface area contributed by atoms with Crippen LogP contribution in [0, 0.1) is 11.3 Å². The summed E-state index contributed by atoms with van der Waals surface area (Å²) in [4.78, 5) is 3.90. The second-order valence-electron chi connectivity index (χ2n) is 3.86. The number of aromatic nitrogens is 1. The highest BCUT2D eigenvalue weighted by Gasteiger charge is 2.04. The van der Waals surface area contributed by atoms with Gasteiger partial charge in [0.2, 0.25) is 0 Å². The maximum atomic E-state index is 9.27. The van der Waals surface area contributed by atoms with Gasteiger partial charge in [-0.1, -0.05) is 15.9 Å². The summed E-state index contributed by atoms with van der Waals surface area (Å²) < 4.78 is 6.54. The standard InChI is InChI=1S/C14H11BrN2O2/c15-12-1-2-14(11(6-12)8-18)19-9-10-3-4-17-13(5-10)7-16/h1-6,18H,8-9H2. The first-order valence-corrected chi connectivity index (χ1v) is 6.39. The molecule has 0 radical (unpaired) electrons. The summed E-state index contributed by atoms with van der Waals surface area (Å²) in [6, 6.07) is 10.9. The Hall–Kier alpha value is -1.90. The van der Waals surface area contributed by atoms with Crippen molar-refractivity contribution in [3.8, 4) is 11.8 Å². The normalized spacial score (nSPS) is 9.95. The Morgan fingerprint density at radius 1 is 1.32 bits per heavy atom. The third-order valence-electron chi connectivity index (χ3n) is 2.53. The number of halogens is 1. The SMILES string of the molecule is N#Cc1cc(COc2ccc(Br)cc2CO)ccn1. The van der Waals surface area contributed by atoms with Crippen molar-refractivity contribution >= 4 is 15.9 Å². The lowest BCUT2D eigenvalue weighted by molar-refractivity contribution is 0.259. The second kappa shape index (κ2) is 6.32. The fraction of sp³-hybridized carbons (Fsp3) is 0.143. The van der Waals surface area contributed by atoms with Crippen molar-refractivity contribution < 1.29 is 9.84 Å². The average Bonchev–Trinajstić information content (AvgIpc) is 2.46. The summed E-state index contributed by atoms with van der Waals surface area (Å²) in [5.74, 6) is 0.626. The molecule has 0 unspecified atom stereocenters. The Balaban J connectivity index is 2.12. The van der Waals surface area contributed by atoms with E-state index in [1.165, 1.54) is 0 Å². The van der Waals surface area contributed by atoms with Crippen molar-refractivity contribution in [2.24, 2.45) is 0 Å². The highest BCUT2D eigenvalue weighted by molar-refractivity contribution is 9.10. The summed E-state index contributed by atoms with van der Waals surface area (Å²) in [5, 5.41) is 18.0. The topological polar surface area (TPSA) is 66.1 Å². The minimum absolute atomic E-state index is 0.0887. The molecule has 0 saturated carbocycles. The van der Waals surface area contributed by atoms with E-state index in [2.05, 4.69) is 20.9 Å². The quantitative estimate of drug-likeness (QED) is 0.941. The molecule has 5 heteroatoms. The van der Waals surface area contributed by atoms with Crippen LogP contribution in [0.15, 0.2) is 41.0 Å². The van der Waals surface area contributed by atoms with E-state index in [4.69, 9.17) is 10.00 Å². The summed E-state index contributed by atoms with van der Waals surface area (Å²) in [6.45, 7) is 0.237. The summed E-state index contributed by atoms with van der Waals surface area (Å²) in [6.07, 6.45) is 1.58. The van der Waals surface area contributed by atoms with Crippen LogP contribution in [0.1, 0.15) is 16.8 Å². The smallest absolute Gasteiger partial charge is 0.140 e. The van der Waals surface area contributed by atoms with E-state index in [0.717, 1.165) is 10.0 Å². The molecule has 4 nitrogen and oxygen atoms in total. The molecular formula is C14H11BrN2O2. The molecule has 1 aromatic carbocycles. The zero-order chi connectivity index (χ0) is 13.7. The monoisotopic (exact) mass is 318 g/mol. The molecule has 1 heterocycles. The van der Waals surface area contributed by atoms with Crippen LogP contribution in [-0.4, -0.2) is 10.1 Å². The summed E-state index contributed by atoms with van der Waals surface area (Å²) >= 11 is 3.34. The van der Waals surface area contributed by atoms with Crippen LogP contribution in [0.2, 0.25) is 0 Å². The fourth-order valence-electron chi connectivity index (χ4n) is 1.60. The predicted molar refractivity (Wildman–Crippen MR) is 73.3 cm³/mol. The molecule has 0 amide bonds. The van der Waals surface area contributed by atoms with Crippen molar-refractivity contribution in [1.82, 2.24) is 4.98 Å². The number of aliphatic hydroxyl groups is 1. The van der Waals surface area contributed by atoms with Crippen LogP contribution in [0.3, 0.4) is 0 Å². The lowest BCUT2D eigenvalue weighted by atomic mass is 10.2. The number of rotatable bonds is 4. The molecule has 0 aliphatic heterocycles. The number of ether oxygens (including phenoxy) is 1. The van der Waals surface area contributed by atoms with Gasteiger partial charge in [0.1, 0.15) is 24.1 Å². The molecule has 1 aromatic heterocycles. The van der Waals surface area contributed by atoms with Gasteiger partial charge in [-0.25, -0.2) is 4.98 Å². The van der Waals surface area contributed by atoms with Crippen LogP contribution < -0.4 is 4.74 Å². The van der Waals surface area contributed by atoms with Crippen LogP contribution in [-0.2, 0) is 13.2 Å². The first-order valence-electron chi connectivity index (χ1n) is 5.60. The van der Waals surface area contributed by atoms with Gasteiger partial charge >= 0.3 is 0 Å². The average molecular weight is 319 g/mol. The Morgan fingerprint density at radius 3 is 2.89 bits per heavy atom. The molecule has 0 atom stereocenters. The van der Waals surface area contributed by atoms with E-state index >= 15 is 0 Å². The number of benzene rings is 1. The molecule has 2 aromatic rings. The van der Waals surface area contributed by atoms with Gasteiger partial charge < -0.3 is 9.84 Å². The van der Waals surface area contributed by atoms with Gasteiger partial charge in [-0.3, -0.25) is 0 Å². The van der Waals surface area contributed by atoms with Gasteiger partial charge in [0, 0.05) is 16.2 Å². The second-order valence-corrected chi connectivity index (χ2v) is 4.78. The molecule has 1 N–H and O–H groups in total. The van der Waals surface area contributed by atoms with Gasteiger partial charge in [-0.15, -0.1) is 0 Å². The van der Waals surface area contributed by atoms with Gasteiger partial charge in [0.25, 0.3) is 0 Å². The number of hydrogen-bond acceptors (Lipinski definition) is 4. The Bertz CT molecular complexity index is 623. The Labute approximate surface area is 119 Å². The van der Waals surface area contributed by atoms with E-state index in [0.29, 0.717) is 23.6 Å². The number of nitriles is 1. The molecule has 0 saturated heterocycles. The Morgan fingerprint density at radius 2 is 2.16 bits per heavy atom. The van der Waals surface area contributed by atoms with Crippen molar-refractivity contribution in [2.45, 2.75) is 13.2 Å². The lowest BCUT2D eigenvalue weighted by Crippen LogP contribution is -1.99. The van der Waals surface area contributed by atoms with Gasteiger partial charge in [-0.05, 0) is 35.9 Å². The van der Waals surface area contributed by atoms with Crippen molar-refractivity contribution in [1.29, 1.82) is 5.26 Å². The van der Waals surface area contributed by atoms with E-state index in [1.54, 1.807) is 24.4 Å². The predicted octanol–water partition coefficient (Wildman–Crippen LogP) is 2.79. The van der Waals surface area contributed by atoms with E-state index < -0.39 is 0 Å². The molecule has 0 aliphatic carbocycles. The van der Waals surface area contributed by atoms with E-state index in [9.17, 15) is 5.11 Å². The number of hydrogen-bond donors (Lipinski definition) is 1. The van der Waals surface area contributed by atoms with Crippen molar-refractivity contribution in [3.63, 3.8) is 0 Å². The number of pyridine rings is 1. The summed E-state index contributed by atoms with van der Waals surface area (Å²) in [7, 11) is 0. The number of nitrogens with zero attached hydrogens (tertiary/aromatic N) is 2. The van der Waals surface area contributed by atoms with Gasteiger partial charge in [-0.2, -0.15) is 5.26 Å². The van der Waals surface area contributed by atoms with Crippen LogP contribution in [0.25, 0.3) is 0 Å². The molecule has 19 heavy (non-hydrogen) atoms. The van der Waals surface area contributed by atoms with Crippen LogP contribution in [0.4, 0.5) is 0 Å². The zero-order valence-corrected chi connectivity index (χ0v) is 11.6. The molecule has 0 spiro atoms. The fourth-order valence-corrected chi connectivity index (χ4v) is 2.01. The Kier molecular flexibility index (Phi) is 4.50. The van der Waals surface area contributed by atoms with Crippen LogP contribution in [0.5, 0.6) is 5.75 Å². The third-order valence-corrected chi connectivity index (χ3v) is 3.02. The van der Waals surface area contributed by atoms with Crippen molar-refractivity contribution in [2.75, 3.05) is 0 Å². The van der Waals surface area contributed by atoms with Crippen LogP contribution >= 0.6 is 15.9 Å².